The molecule has 0 spiro atoms. The van der Waals surface area contributed by atoms with Crippen LogP contribution in [0.1, 0.15) is 0 Å². The van der Waals surface area contributed by atoms with E-state index in [1.165, 1.54) is 22.6 Å². The van der Waals surface area contributed by atoms with Crippen molar-refractivity contribution in [1.82, 2.24) is 0 Å². The van der Waals surface area contributed by atoms with Gasteiger partial charge in [-0.1, -0.05) is 0 Å². The first-order valence-electron chi connectivity index (χ1n) is 3.34. The minimum Gasteiger partial charge on any atom is -0.395 e. The maximum Gasteiger partial charge on any atom is 0.586 e. The molecule has 0 saturated carbocycles. The van der Waals surface area contributed by atoms with Gasteiger partial charge in [-0.25, -0.2) is 8.78 Å². The van der Waals surface area contributed by atoms with Gasteiger partial charge in [-0.05, 0) is 22.6 Å². The van der Waals surface area contributed by atoms with Crippen molar-refractivity contribution in [2.75, 3.05) is 0 Å². The number of rotatable bonds is 0. The summed E-state index contributed by atoms with van der Waals surface area (Å²) in [5.41, 5.74) is 0. The predicted molar refractivity (Wildman–Crippen MR) is 45.3 cm³/mol. The smallest absolute Gasteiger partial charge is 0.395 e. The molecule has 2 rings (SSSR count). The van der Waals surface area contributed by atoms with E-state index < -0.39 is 33.0 Å². The number of benzene rings is 1. The molecule has 0 fully saturated rings. The minimum atomic E-state index is -3.93. The highest BCUT2D eigenvalue weighted by Gasteiger charge is 2.46. The van der Waals surface area contributed by atoms with Gasteiger partial charge in [-0.3, -0.25) is 0 Å². The topological polar surface area (TPSA) is 18.5 Å². The lowest BCUT2D eigenvalue weighted by Gasteiger charge is -2.04. The first-order chi connectivity index (χ1) is 6.41. The zero-order chi connectivity index (χ0) is 10.5. The van der Waals surface area contributed by atoms with Gasteiger partial charge >= 0.3 is 6.29 Å². The van der Waals surface area contributed by atoms with Crippen LogP contribution in [-0.2, 0) is 0 Å². The molecular weight excluding hydrogens is 319 g/mol. The largest absolute Gasteiger partial charge is 0.586 e. The highest BCUT2D eigenvalue weighted by Crippen LogP contribution is 2.44. The molecule has 1 aliphatic rings. The third-order valence-electron chi connectivity index (χ3n) is 1.53. The summed E-state index contributed by atoms with van der Waals surface area (Å²) in [6.45, 7) is 0. The van der Waals surface area contributed by atoms with E-state index in [-0.39, 0.29) is 0 Å². The molecule has 0 aromatic heterocycles. The van der Waals surface area contributed by atoms with Crippen LogP contribution in [0.25, 0.3) is 0 Å². The van der Waals surface area contributed by atoms with E-state index >= 15 is 0 Å². The molecule has 14 heavy (non-hydrogen) atoms. The van der Waals surface area contributed by atoms with E-state index in [2.05, 4.69) is 9.47 Å². The zero-order valence-corrected chi connectivity index (χ0v) is 8.44. The molecule has 0 unspecified atom stereocenters. The van der Waals surface area contributed by atoms with Gasteiger partial charge in [0.05, 0.1) is 3.57 Å². The van der Waals surface area contributed by atoms with Gasteiger partial charge in [-0.2, -0.15) is 0 Å². The van der Waals surface area contributed by atoms with Gasteiger partial charge in [0.25, 0.3) is 0 Å². The van der Waals surface area contributed by atoms with Crippen molar-refractivity contribution in [2.24, 2.45) is 0 Å². The second kappa shape index (κ2) is 2.88. The van der Waals surface area contributed by atoms with E-state index in [1.54, 1.807) is 0 Å². The van der Waals surface area contributed by atoms with Crippen LogP contribution < -0.4 is 9.47 Å². The molecule has 0 saturated heterocycles. The summed E-state index contributed by atoms with van der Waals surface area (Å²) in [7, 11) is 0. The van der Waals surface area contributed by atoms with Crippen molar-refractivity contribution < 1.29 is 27.0 Å². The fourth-order valence-corrected chi connectivity index (χ4v) is 1.40. The Morgan fingerprint density at radius 3 is 2.50 bits per heavy atom. The first kappa shape index (κ1) is 9.81. The second-order valence-electron chi connectivity index (χ2n) is 2.48. The summed E-state index contributed by atoms with van der Waals surface area (Å²) in [4.78, 5) is 0. The molecule has 2 nitrogen and oxygen atoms in total. The SMILES string of the molecule is Fc1cc2c(c(F)c1I)OC(F)(F)O2. The van der Waals surface area contributed by atoms with Crippen molar-refractivity contribution in [3.05, 3.63) is 21.3 Å². The van der Waals surface area contributed by atoms with Gasteiger partial charge in [-0.15, -0.1) is 8.78 Å². The standard InChI is InChI=1S/C7HF4IO2/c8-2-1-3-6(4(9)5(2)12)14-7(10,11)13-3/h1H. The number of alkyl halides is 2. The monoisotopic (exact) mass is 320 g/mol. The minimum absolute atomic E-state index is 0.414. The van der Waals surface area contributed by atoms with Gasteiger partial charge in [0.15, 0.2) is 11.6 Å². The number of halogens is 5. The second-order valence-corrected chi connectivity index (χ2v) is 3.56. The van der Waals surface area contributed by atoms with Crippen LogP contribution in [0, 0.1) is 15.2 Å². The number of hydrogen-bond donors (Lipinski definition) is 0. The third-order valence-corrected chi connectivity index (χ3v) is 2.52. The van der Waals surface area contributed by atoms with Crippen LogP contribution in [0.3, 0.4) is 0 Å². The molecule has 0 bridgehead atoms. The first-order valence-corrected chi connectivity index (χ1v) is 4.42. The van der Waals surface area contributed by atoms with E-state index in [0.29, 0.717) is 6.07 Å². The summed E-state index contributed by atoms with van der Waals surface area (Å²) in [5, 5.41) is 0. The van der Waals surface area contributed by atoms with Crippen molar-refractivity contribution >= 4 is 22.6 Å². The molecule has 0 amide bonds. The number of fused-ring (bicyclic) bond motifs is 1. The van der Waals surface area contributed by atoms with E-state index in [0.717, 1.165) is 0 Å². The molecule has 0 radical (unpaired) electrons. The number of ether oxygens (including phenoxy) is 2. The lowest BCUT2D eigenvalue weighted by Crippen LogP contribution is -2.26. The molecule has 1 aromatic rings. The Hall–Kier alpha value is -0.730. The Morgan fingerprint density at radius 1 is 1.21 bits per heavy atom. The van der Waals surface area contributed by atoms with Crippen molar-refractivity contribution in [2.45, 2.75) is 6.29 Å². The average Bonchev–Trinajstić information content (AvgIpc) is 2.37. The lowest BCUT2D eigenvalue weighted by molar-refractivity contribution is -0.287. The zero-order valence-electron chi connectivity index (χ0n) is 6.28. The summed E-state index contributed by atoms with van der Waals surface area (Å²) in [6, 6.07) is 0.654. The van der Waals surface area contributed by atoms with E-state index in [9.17, 15) is 17.6 Å². The van der Waals surface area contributed by atoms with Crippen molar-refractivity contribution in [1.29, 1.82) is 0 Å². The van der Waals surface area contributed by atoms with Crippen LogP contribution >= 0.6 is 22.6 Å². The van der Waals surface area contributed by atoms with Crippen LogP contribution in [0.5, 0.6) is 11.5 Å². The highest BCUT2D eigenvalue weighted by molar-refractivity contribution is 14.1. The van der Waals surface area contributed by atoms with Gasteiger partial charge in [0.2, 0.25) is 5.75 Å². The molecule has 7 heteroatoms. The summed E-state index contributed by atoms with van der Waals surface area (Å²) in [5.74, 6) is -3.55. The fraction of sp³-hybridized carbons (Fsp3) is 0.143. The summed E-state index contributed by atoms with van der Waals surface area (Å²) >= 11 is 1.34. The summed E-state index contributed by atoms with van der Waals surface area (Å²) < 4.78 is 58.2. The van der Waals surface area contributed by atoms with Crippen LogP contribution in [0.2, 0.25) is 0 Å². The molecule has 1 heterocycles. The summed E-state index contributed by atoms with van der Waals surface area (Å²) in [6.07, 6.45) is -3.93. The molecule has 1 aromatic carbocycles. The lowest BCUT2D eigenvalue weighted by atomic mass is 10.3. The fourth-order valence-electron chi connectivity index (χ4n) is 0.995. The van der Waals surface area contributed by atoms with Gasteiger partial charge in [0, 0.05) is 6.07 Å². The van der Waals surface area contributed by atoms with Gasteiger partial charge < -0.3 is 9.47 Å². The quantitative estimate of drug-likeness (QED) is 0.416. The molecular formula is C7HF4IO2. The van der Waals surface area contributed by atoms with E-state index in [4.69, 9.17) is 0 Å². The predicted octanol–water partition coefficient (Wildman–Crippen LogP) is 2.89. The molecule has 76 valence electrons. The average molecular weight is 320 g/mol. The van der Waals surface area contributed by atoms with E-state index in [1.807, 2.05) is 0 Å². The molecule has 0 N–H and O–H groups in total. The van der Waals surface area contributed by atoms with Crippen LogP contribution in [0.4, 0.5) is 17.6 Å². The number of hydrogen-bond acceptors (Lipinski definition) is 2. The molecule has 1 aliphatic heterocycles. The van der Waals surface area contributed by atoms with Gasteiger partial charge in [0.1, 0.15) is 5.82 Å². The Bertz CT molecular complexity index is 407. The maximum atomic E-state index is 13.1. The highest BCUT2D eigenvalue weighted by atomic mass is 127. The van der Waals surface area contributed by atoms with Crippen molar-refractivity contribution in [3.8, 4) is 11.5 Å². The normalized spacial score (nSPS) is 17.2. The Labute approximate surface area is 88.9 Å². The Kier molecular flexibility index (Phi) is 2.02. The molecule has 0 atom stereocenters. The van der Waals surface area contributed by atoms with Crippen molar-refractivity contribution in [3.63, 3.8) is 0 Å². The molecule has 0 aliphatic carbocycles. The third kappa shape index (κ3) is 1.39. The maximum absolute atomic E-state index is 13.1. The Morgan fingerprint density at radius 2 is 1.86 bits per heavy atom. The van der Waals surface area contributed by atoms with Crippen LogP contribution in [-0.4, -0.2) is 6.29 Å². The Balaban J connectivity index is 2.59. The van der Waals surface area contributed by atoms with Crippen LogP contribution in [0.15, 0.2) is 6.07 Å².